The molecule has 6 aromatic rings. The Hall–Kier alpha value is -13.8. The van der Waals surface area contributed by atoms with E-state index in [1.807, 2.05) is 0 Å². The molecule has 8 rings (SSSR count). The number of aromatic amines is 2. The molecule has 2 saturated heterocycles. The zero-order valence-electron chi connectivity index (χ0n) is 72.4. The van der Waals surface area contributed by atoms with Gasteiger partial charge in [-0.3, -0.25) is 82.0 Å². The van der Waals surface area contributed by atoms with E-state index in [0.29, 0.717) is 28.2 Å². The van der Waals surface area contributed by atoms with E-state index in [1.54, 1.807) is 67.7 Å². The molecule has 15 amide bonds. The van der Waals surface area contributed by atoms with Gasteiger partial charge >= 0.3 is 6.01 Å². The first kappa shape index (κ1) is 104. The summed E-state index contributed by atoms with van der Waals surface area (Å²) >= 11 is 0. The Morgan fingerprint density at radius 1 is 0.591 bits per heavy atom. The quantitative estimate of drug-likeness (QED) is 0.0203. The summed E-state index contributed by atoms with van der Waals surface area (Å²) in [5, 5.41) is 109. The van der Waals surface area contributed by atoms with Gasteiger partial charge in [0.05, 0.1) is 76.4 Å². The normalized spacial score (nSPS) is 25.4. The second-order valence-electron chi connectivity index (χ2n) is 32.0. The molecule has 0 aliphatic carbocycles. The lowest BCUT2D eigenvalue weighted by atomic mass is 9.96. The molecule has 47 nitrogen and oxygen atoms in total. The first-order chi connectivity index (χ1) is 62.9. The summed E-state index contributed by atoms with van der Waals surface area (Å²) < 4.78 is 25.1. The highest BCUT2D eigenvalue weighted by atomic mass is 19.1. The fraction of sp³-hybridized carbons (Fsp3) is 0.488. The highest BCUT2D eigenvalue weighted by Gasteiger charge is 2.48. The van der Waals surface area contributed by atoms with Crippen LogP contribution in [0.1, 0.15) is 101 Å². The predicted molar refractivity (Wildman–Crippen MR) is 459 cm³/mol. The van der Waals surface area contributed by atoms with Crippen LogP contribution < -0.4 is 96.4 Å². The van der Waals surface area contributed by atoms with Crippen molar-refractivity contribution in [3.8, 4) is 17.6 Å². The number of unbranched alkanes of at least 4 members (excludes halogenated alkanes) is 1. The number of rotatable bonds is 28. The molecule has 2 aliphatic heterocycles. The highest BCUT2D eigenvalue weighted by Crippen LogP contribution is 2.26. The number of aromatic nitrogens is 5. The third kappa shape index (κ3) is 30.7. The van der Waals surface area contributed by atoms with Crippen LogP contribution in [0.4, 0.5) is 4.39 Å². The van der Waals surface area contributed by atoms with E-state index in [2.05, 4.69) is 99.4 Å². The van der Waals surface area contributed by atoms with Crippen molar-refractivity contribution in [2.45, 2.75) is 208 Å². The molecule has 716 valence electrons. The lowest BCUT2D eigenvalue weighted by molar-refractivity contribution is -0.246. The van der Waals surface area contributed by atoms with Crippen molar-refractivity contribution < 1.29 is 126 Å². The lowest BCUT2D eigenvalue weighted by Crippen LogP contribution is -2.66. The van der Waals surface area contributed by atoms with Gasteiger partial charge in [0.1, 0.15) is 84.5 Å². The number of nitrogens with one attached hydrogen (secondary N) is 16. The number of halogens is 1. The topological polar surface area (TPSA) is 750 Å². The second kappa shape index (κ2) is 50.4. The summed E-state index contributed by atoms with van der Waals surface area (Å²) in [6, 6.07) is -4.12. The van der Waals surface area contributed by atoms with Gasteiger partial charge in [-0.15, -0.1) is 0 Å². The number of primary amides is 2. The van der Waals surface area contributed by atoms with Gasteiger partial charge in [-0.1, -0.05) is 94.8 Å². The van der Waals surface area contributed by atoms with Crippen LogP contribution in [0.5, 0.6) is 17.6 Å². The second-order valence-corrected chi connectivity index (χ2v) is 32.0. The molecule has 2 aliphatic rings. The van der Waals surface area contributed by atoms with Crippen LogP contribution in [0, 0.1) is 17.7 Å². The molecule has 0 spiro atoms. The van der Waals surface area contributed by atoms with Crippen LogP contribution in [-0.2, 0) is 107 Å². The highest BCUT2D eigenvalue weighted by molar-refractivity contribution is 6.02. The number of ketones is 1. The van der Waals surface area contributed by atoms with E-state index in [-0.39, 0.29) is 68.5 Å². The van der Waals surface area contributed by atoms with Crippen molar-refractivity contribution >= 4 is 105 Å². The molecule has 0 bridgehead atoms. The fourth-order valence-electron chi connectivity index (χ4n) is 14.2. The SMILES string of the molecule is CC[C@H](C)[C@@H]1NC(=O)[C@H](CC(N)=O)NC(=O)[C@H](CO)NC(=O)[C@H](Cc2ccccc2)NC(=O)[C@H](Cc2ccc(O)cc2)NC(=O)[C@H](CCCCN)NC(=O)[C@H](CC(N)=O)NC(=O)[C@H](CO)NC(=O)[C@H](C(C)C)NC(C(=O)NCC(=O)N[C@H]2[C@H](Oc3ncc(F)c(O)n3)O[C@H](CO)[C@@H](O)[C@@H]2O)CCC(=O)NCC(=O)[C@H](Cc2c[nH]c3ccccc23)NC(=O)[C@H](Cc2cnc[nH]2)NC1=O. The van der Waals surface area contributed by atoms with Crippen LogP contribution in [0.2, 0.25) is 0 Å². The van der Waals surface area contributed by atoms with Crippen LogP contribution in [0.15, 0.2) is 104 Å². The van der Waals surface area contributed by atoms with Crippen LogP contribution >= 0.6 is 0 Å². The summed E-state index contributed by atoms with van der Waals surface area (Å²) in [6.07, 6.45) is -7.54. The maximum Gasteiger partial charge on any atom is 0.322 e. The molecule has 29 N–H and O–H groups in total. The molecular formula is C84H113FN22O25. The molecule has 2 fully saturated rings. The molecule has 3 aromatic heterocycles. The van der Waals surface area contributed by atoms with E-state index in [1.165, 1.54) is 57.6 Å². The number of carbonyl (C=O) groups is 16. The maximum atomic E-state index is 15.1. The molecule has 1 unspecified atom stereocenters. The van der Waals surface area contributed by atoms with Gasteiger partial charge in [0, 0.05) is 61.1 Å². The number of phenols is 1. The summed E-state index contributed by atoms with van der Waals surface area (Å²) in [4.78, 5) is 248. The van der Waals surface area contributed by atoms with Gasteiger partial charge in [-0.25, -0.2) is 9.97 Å². The van der Waals surface area contributed by atoms with Crippen LogP contribution in [-0.4, -0.2) is 298 Å². The van der Waals surface area contributed by atoms with Gasteiger partial charge in [0.25, 0.3) is 5.88 Å². The molecule has 0 radical (unpaired) electrons. The molecule has 18 atom stereocenters. The van der Waals surface area contributed by atoms with Gasteiger partial charge in [0.15, 0.2) is 5.78 Å². The Morgan fingerprint density at radius 3 is 1.70 bits per heavy atom. The summed E-state index contributed by atoms with van der Waals surface area (Å²) in [6.45, 7) is 0.758. The number of imidazole rings is 1. The minimum Gasteiger partial charge on any atom is -0.508 e. The first-order valence-electron chi connectivity index (χ1n) is 42.4. The van der Waals surface area contributed by atoms with Crippen molar-refractivity contribution in [1.82, 2.24) is 99.4 Å². The van der Waals surface area contributed by atoms with E-state index in [4.69, 9.17) is 26.7 Å². The van der Waals surface area contributed by atoms with Gasteiger partial charge < -0.3 is 142 Å². The van der Waals surface area contributed by atoms with Crippen LogP contribution in [0.25, 0.3) is 10.9 Å². The monoisotopic (exact) mass is 1850 g/mol. The fourth-order valence-corrected chi connectivity index (χ4v) is 14.2. The third-order valence-electron chi connectivity index (χ3n) is 21.7. The van der Waals surface area contributed by atoms with Crippen molar-refractivity contribution in [2.75, 3.05) is 39.5 Å². The Bertz CT molecular complexity index is 5000. The number of hydrogen-bond acceptors (Lipinski definition) is 30. The van der Waals surface area contributed by atoms with E-state index in [9.17, 15) is 107 Å². The number of benzene rings is 3. The number of hydrogen-bond donors (Lipinski definition) is 26. The molecule has 3 aromatic carbocycles. The zero-order valence-corrected chi connectivity index (χ0v) is 72.4. The van der Waals surface area contributed by atoms with Crippen molar-refractivity contribution in [3.63, 3.8) is 0 Å². The van der Waals surface area contributed by atoms with Gasteiger partial charge in [-0.2, -0.15) is 9.37 Å². The van der Waals surface area contributed by atoms with Crippen molar-refractivity contribution in [1.29, 1.82) is 0 Å². The average Bonchev–Trinajstić information content (AvgIpc) is 1.32. The van der Waals surface area contributed by atoms with E-state index in [0.717, 1.165) is 0 Å². The van der Waals surface area contributed by atoms with E-state index >= 15 is 9.59 Å². The molecule has 48 heteroatoms. The summed E-state index contributed by atoms with van der Waals surface area (Å²) in [5.41, 5.74) is 19.1. The number of aliphatic hydroxyl groups excluding tert-OH is 5. The number of H-pyrrole nitrogens is 2. The largest absolute Gasteiger partial charge is 0.508 e. The van der Waals surface area contributed by atoms with Crippen molar-refractivity contribution in [3.05, 3.63) is 132 Å². The number of Topliss-reactive ketones (excluding diaryl/α,β-unsaturated/α-hetero) is 1. The molecule has 0 saturated carbocycles. The number of nitrogens with zero attached hydrogens (tertiary/aromatic N) is 3. The Morgan fingerprint density at radius 2 is 1.12 bits per heavy atom. The van der Waals surface area contributed by atoms with Crippen LogP contribution in [0.3, 0.4) is 0 Å². The zero-order chi connectivity index (χ0) is 96.6. The number of aromatic hydroxyl groups is 2. The minimum atomic E-state index is -2.06. The predicted octanol–water partition coefficient (Wildman–Crippen LogP) is -8.16. The Balaban J connectivity index is 1.18. The Labute approximate surface area is 753 Å². The maximum absolute atomic E-state index is 15.1. The van der Waals surface area contributed by atoms with E-state index < -0.39 is 292 Å². The Kier molecular flexibility index (Phi) is 39.6. The molecule has 132 heavy (non-hydrogen) atoms. The number of para-hydroxylation sites is 1. The number of ether oxygens (including phenoxy) is 2. The smallest absolute Gasteiger partial charge is 0.322 e. The first-order valence-corrected chi connectivity index (χ1v) is 42.4. The molecule has 5 heterocycles. The van der Waals surface area contributed by atoms with Gasteiger partial charge in [0.2, 0.25) is 101 Å². The number of phenolic OH excluding ortho intramolecular Hbond substituents is 1. The molecular weight excluding hydrogens is 1740 g/mol. The number of carbonyl (C=O) groups excluding carboxylic acids is 16. The summed E-state index contributed by atoms with van der Waals surface area (Å²) in [7, 11) is 0. The third-order valence-corrected chi connectivity index (χ3v) is 21.7. The standard InChI is InChI=1S/C84H113FN22O25/c1-5-41(4)67-82(130)102-55(28-45-32-89-39-94-45)76(124)97-52(27-44-31-90-49-16-10-9-15-47(44)49)60(112)34-91-64(115)23-22-51(72(120)92-35-65(116)105-68-70(118)69(117)61(38-110)131-83(68)132-84-93-33-48(85)71(119)107-84)95-66(40(2)3)81(129)104-59(37-109)80(128)100-56(29-62(87)113)77(125)96-50(17-11-12-24-86)73(121)98-54(26-43-18-20-46(111)21-19-43)74(122)99-53(25-42-13-7-6-8-14-42)75(123)103-58(36-108)79(127)101-57(30-63(88)114)78(126)106-67/h6-10,13-16,18-21,31-33,39-41,50-59,61,66-70,83,90,95,108-111,117-118H,5,11-12,17,22-30,34-38,86H2,1-4H3,(H2,87,113)(H2,88,114)(H,89,94)(H,91,115)(H,92,120)(H,96,125)(H,97,124)(H,98,121)(H,99,122)(H,100,128)(H,101,127)(H,102,130)(H,103,123)(H,104,129)(H,105,116)(H,106,126)(H,93,107,119)/t41-,50-,51?,52-,53-,54-,55-,56-,57-,58-,59-,61+,66-,67-,68+,69+,70+,83-/m0/s1. The minimum absolute atomic E-state index is 0.0530. The number of nitrogens with two attached hydrogens (primary N) is 3. The lowest BCUT2D eigenvalue weighted by Gasteiger charge is -2.41. The summed E-state index contributed by atoms with van der Waals surface area (Å²) in [5.74, 6) is -23.0. The number of fused-ring (bicyclic) bond motifs is 1. The number of aliphatic hydroxyl groups is 5. The number of amides is 15. The average molecular weight is 1850 g/mol. The van der Waals surface area contributed by atoms with Crippen molar-refractivity contribution in [2.24, 2.45) is 29.0 Å². The van der Waals surface area contributed by atoms with Gasteiger partial charge in [-0.05, 0) is 79.0 Å².